The van der Waals surface area contributed by atoms with Crippen molar-refractivity contribution in [3.8, 4) is 5.75 Å². The van der Waals surface area contributed by atoms with Gasteiger partial charge in [-0.05, 0) is 42.9 Å². The molecule has 7 heteroatoms. The predicted octanol–water partition coefficient (Wildman–Crippen LogP) is 6.00. The molecule has 1 aliphatic heterocycles. The first kappa shape index (κ1) is 24.0. The van der Waals surface area contributed by atoms with Crippen LogP contribution in [0.2, 0.25) is 5.02 Å². The third kappa shape index (κ3) is 5.19. The summed E-state index contributed by atoms with van der Waals surface area (Å²) in [5, 5.41) is 8.07. The van der Waals surface area contributed by atoms with Gasteiger partial charge in [-0.1, -0.05) is 48.9 Å². The van der Waals surface area contributed by atoms with Crippen LogP contribution in [0.1, 0.15) is 31.7 Å². The van der Waals surface area contributed by atoms with Crippen molar-refractivity contribution in [2.24, 2.45) is 4.99 Å². The summed E-state index contributed by atoms with van der Waals surface area (Å²) in [6, 6.07) is 15.0. The first-order valence-electron chi connectivity index (χ1n) is 10.5. The number of hydrogen-bond donors (Lipinski definition) is 2. The number of anilines is 1. The van der Waals surface area contributed by atoms with E-state index in [9.17, 15) is 4.79 Å². The fourth-order valence-electron chi connectivity index (χ4n) is 3.68. The summed E-state index contributed by atoms with van der Waals surface area (Å²) in [5.74, 6) is 0.977. The number of rotatable bonds is 8. The maximum Gasteiger partial charge on any atom is 0.254 e. The second-order valence-electron chi connectivity index (χ2n) is 7.29. The number of dihydropyridines is 1. The van der Waals surface area contributed by atoms with E-state index in [0.29, 0.717) is 22.0 Å². The van der Waals surface area contributed by atoms with E-state index in [4.69, 9.17) is 16.3 Å². The van der Waals surface area contributed by atoms with Gasteiger partial charge in [-0.15, -0.1) is 11.8 Å². The van der Waals surface area contributed by atoms with E-state index in [1.165, 1.54) is 0 Å². The topological polar surface area (TPSA) is 62.7 Å². The number of amides is 1. The van der Waals surface area contributed by atoms with Gasteiger partial charge in [0.25, 0.3) is 5.91 Å². The molecule has 0 spiro atoms. The highest BCUT2D eigenvalue weighted by Gasteiger charge is 2.35. The number of carbonyl (C=O) groups excluding carboxylic acids is 1. The lowest BCUT2D eigenvalue weighted by Crippen LogP contribution is -2.31. The van der Waals surface area contributed by atoms with Crippen LogP contribution in [0, 0.1) is 0 Å². The van der Waals surface area contributed by atoms with Gasteiger partial charge in [0.05, 0.1) is 17.8 Å². The minimum Gasteiger partial charge on any atom is -0.495 e. The van der Waals surface area contributed by atoms with Gasteiger partial charge in [-0.3, -0.25) is 9.79 Å². The second kappa shape index (κ2) is 11.2. The van der Waals surface area contributed by atoms with E-state index in [2.05, 4.69) is 22.5 Å². The van der Waals surface area contributed by atoms with Gasteiger partial charge in [0, 0.05) is 41.0 Å². The fraction of sp³-hybridized carbons (Fsp3) is 0.280. The molecule has 0 aromatic heterocycles. The van der Waals surface area contributed by atoms with Gasteiger partial charge in [-0.25, -0.2) is 0 Å². The summed E-state index contributed by atoms with van der Waals surface area (Å²) < 4.78 is 5.41. The van der Waals surface area contributed by atoms with Crippen LogP contribution in [0.15, 0.2) is 75.4 Å². The summed E-state index contributed by atoms with van der Waals surface area (Å²) in [6.45, 7) is 4.07. The summed E-state index contributed by atoms with van der Waals surface area (Å²) in [6.07, 6.45) is 2.86. The molecule has 0 aliphatic carbocycles. The minimum absolute atomic E-state index is 0.217. The highest BCUT2D eigenvalue weighted by molar-refractivity contribution is 8.03. The second-order valence-corrected chi connectivity index (χ2v) is 8.81. The van der Waals surface area contributed by atoms with E-state index in [1.807, 2.05) is 61.7 Å². The van der Waals surface area contributed by atoms with E-state index in [1.54, 1.807) is 25.9 Å². The zero-order chi connectivity index (χ0) is 23.1. The SMILES string of the molecule is CCCSC1=C(/C=N\C)C(c2ccccc2Cl)C(C(=O)Nc2ccccc2OC)=C(C)N1. The maximum atomic E-state index is 13.6. The molecule has 0 saturated heterocycles. The Morgan fingerprint density at radius 2 is 1.97 bits per heavy atom. The Kier molecular flexibility index (Phi) is 8.42. The lowest BCUT2D eigenvalue weighted by molar-refractivity contribution is -0.113. The first-order valence-corrected chi connectivity index (χ1v) is 11.8. The summed E-state index contributed by atoms with van der Waals surface area (Å²) in [5.41, 5.74) is 3.78. The van der Waals surface area contributed by atoms with Gasteiger partial charge in [0.1, 0.15) is 5.75 Å². The zero-order valence-electron chi connectivity index (χ0n) is 18.7. The number of carbonyl (C=O) groups is 1. The Hall–Kier alpha value is -2.70. The Bertz CT molecular complexity index is 1080. The molecule has 2 aromatic carbocycles. The number of ether oxygens (including phenoxy) is 1. The van der Waals surface area contributed by atoms with Gasteiger partial charge < -0.3 is 15.4 Å². The van der Waals surface area contributed by atoms with E-state index in [0.717, 1.165) is 34.0 Å². The number of thioether (sulfide) groups is 1. The van der Waals surface area contributed by atoms with Crippen LogP contribution in [-0.4, -0.2) is 32.0 Å². The van der Waals surface area contributed by atoms with Crippen molar-refractivity contribution in [3.05, 3.63) is 81.0 Å². The standard InChI is InChI=1S/C25H28ClN3O2S/c1-5-14-32-25-18(15-27-3)23(17-10-6-7-11-19(17)26)22(16(2)28-25)24(30)29-20-12-8-9-13-21(20)31-4/h6-13,15,23,28H,5,14H2,1-4H3,(H,29,30)/b27-15-. The number of aliphatic imine (C=N–C) groups is 1. The summed E-state index contributed by atoms with van der Waals surface area (Å²) in [4.78, 5) is 17.9. The number of nitrogens with zero attached hydrogens (tertiary/aromatic N) is 1. The molecule has 0 bridgehead atoms. The van der Waals surface area contributed by atoms with Crippen molar-refractivity contribution < 1.29 is 9.53 Å². The van der Waals surface area contributed by atoms with Crippen LogP contribution < -0.4 is 15.4 Å². The molecule has 1 unspecified atom stereocenters. The number of halogens is 1. The molecule has 1 heterocycles. The van der Waals surface area contributed by atoms with Crippen LogP contribution in [0.4, 0.5) is 5.69 Å². The lowest BCUT2D eigenvalue weighted by atomic mass is 9.82. The number of methoxy groups -OCH3 is 1. The highest BCUT2D eigenvalue weighted by atomic mass is 35.5. The van der Waals surface area contributed by atoms with Crippen molar-refractivity contribution in [1.82, 2.24) is 5.32 Å². The number of hydrogen-bond acceptors (Lipinski definition) is 5. The fourth-order valence-corrected chi connectivity index (χ4v) is 4.90. The Morgan fingerprint density at radius 1 is 1.25 bits per heavy atom. The smallest absolute Gasteiger partial charge is 0.254 e. The van der Waals surface area contributed by atoms with Gasteiger partial charge in [0.15, 0.2) is 0 Å². The van der Waals surface area contributed by atoms with Crippen molar-refractivity contribution in [3.63, 3.8) is 0 Å². The molecule has 2 N–H and O–H groups in total. The van der Waals surface area contributed by atoms with Crippen LogP contribution in [-0.2, 0) is 4.79 Å². The van der Waals surface area contributed by atoms with Crippen LogP contribution >= 0.6 is 23.4 Å². The molecular weight excluding hydrogens is 442 g/mol. The monoisotopic (exact) mass is 469 g/mol. The quantitative estimate of drug-likeness (QED) is 0.465. The molecule has 3 rings (SSSR count). The molecule has 1 amide bonds. The van der Waals surface area contributed by atoms with E-state index < -0.39 is 0 Å². The summed E-state index contributed by atoms with van der Waals surface area (Å²) in [7, 11) is 3.32. The van der Waals surface area contributed by atoms with Crippen molar-refractivity contribution in [2.75, 3.05) is 25.2 Å². The highest BCUT2D eigenvalue weighted by Crippen LogP contribution is 2.43. The minimum atomic E-state index is -0.359. The van der Waals surface area contributed by atoms with E-state index in [-0.39, 0.29) is 11.8 Å². The third-order valence-corrected chi connectivity index (χ3v) is 6.68. The third-order valence-electron chi connectivity index (χ3n) is 5.10. The molecule has 32 heavy (non-hydrogen) atoms. The van der Waals surface area contributed by atoms with Crippen molar-refractivity contribution in [2.45, 2.75) is 26.2 Å². The van der Waals surface area contributed by atoms with Crippen molar-refractivity contribution in [1.29, 1.82) is 0 Å². The maximum absolute atomic E-state index is 13.6. The number of allylic oxidation sites excluding steroid dienone is 2. The molecule has 1 atom stereocenters. The molecular formula is C25H28ClN3O2S. The van der Waals surface area contributed by atoms with Crippen molar-refractivity contribution >= 4 is 41.2 Å². The lowest BCUT2D eigenvalue weighted by Gasteiger charge is -2.32. The molecule has 0 radical (unpaired) electrons. The largest absolute Gasteiger partial charge is 0.495 e. The summed E-state index contributed by atoms with van der Waals surface area (Å²) >= 11 is 8.36. The zero-order valence-corrected chi connectivity index (χ0v) is 20.3. The van der Waals surface area contributed by atoms with Gasteiger partial charge in [-0.2, -0.15) is 0 Å². The van der Waals surface area contributed by atoms with Crippen LogP contribution in [0.3, 0.4) is 0 Å². The van der Waals surface area contributed by atoms with E-state index >= 15 is 0 Å². The normalized spacial score (nSPS) is 16.3. The molecule has 0 saturated carbocycles. The Morgan fingerprint density at radius 3 is 2.66 bits per heavy atom. The molecule has 2 aromatic rings. The Labute approximate surface area is 199 Å². The van der Waals surface area contributed by atoms with Gasteiger partial charge in [0.2, 0.25) is 0 Å². The van der Waals surface area contributed by atoms with Crippen LogP contribution in [0.25, 0.3) is 0 Å². The number of para-hydroxylation sites is 2. The average Bonchev–Trinajstić information content (AvgIpc) is 2.79. The molecule has 5 nitrogen and oxygen atoms in total. The molecule has 168 valence electrons. The van der Waals surface area contributed by atoms with Crippen LogP contribution in [0.5, 0.6) is 5.75 Å². The Balaban J connectivity index is 2.12. The number of nitrogens with one attached hydrogen (secondary N) is 2. The molecule has 0 fully saturated rings. The average molecular weight is 470 g/mol. The predicted molar refractivity (Wildman–Crippen MR) is 136 cm³/mol. The van der Waals surface area contributed by atoms with Gasteiger partial charge >= 0.3 is 0 Å². The first-order chi connectivity index (χ1) is 15.5. The number of benzene rings is 2. The molecule has 1 aliphatic rings.